The monoisotopic (exact) mass is 265 g/mol. The van der Waals surface area contributed by atoms with E-state index in [0.29, 0.717) is 18.7 Å². The SMILES string of the molecule is CCC(CC)(C(=O)Nc1ncccc1C)C(N)=S. The van der Waals surface area contributed by atoms with E-state index in [0.717, 1.165) is 5.56 Å². The van der Waals surface area contributed by atoms with E-state index >= 15 is 0 Å². The van der Waals surface area contributed by atoms with Gasteiger partial charge in [0.15, 0.2) is 0 Å². The van der Waals surface area contributed by atoms with Crippen molar-refractivity contribution in [2.75, 3.05) is 5.32 Å². The summed E-state index contributed by atoms with van der Waals surface area (Å²) in [5.74, 6) is 0.381. The Balaban J connectivity index is 3.00. The molecule has 1 heterocycles. The van der Waals surface area contributed by atoms with E-state index in [-0.39, 0.29) is 10.9 Å². The smallest absolute Gasteiger partial charge is 0.238 e. The van der Waals surface area contributed by atoms with Crippen molar-refractivity contribution in [2.45, 2.75) is 33.6 Å². The van der Waals surface area contributed by atoms with Gasteiger partial charge in [-0.3, -0.25) is 4.79 Å². The Morgan fingerprint density at radius 2 is 2.11 bits per heavy atom. The van der Waals surface area contributed by atoms with Gasteiger partial charge in [-0.05, 0) is 31.4 Å². The first-order valence-electron chi connectivity index (χ1n) is 6.01. The summed E-state index contributed by atoms with van der Waals surface area (Å²) < 4.78 is 0. The first-order chi connectivity index (χ1) is 8.47. The summed E-state index contributed by atoms with van der Waals surface area (Å²) in [7, 11) is 0. The first-order valence-corrected chi connectivity index (χ1v) is 6.41. The number of nitrogens with zero attached hydrogens (tertiary/aromatic N) is 1. The first kappa shape index (κ1) is 14.6. The van der Waals surface area contributed by atoms with Gasteiger partial charge in [-0.2, -0.15) is 0 Å². The predicted octanol–water partition coefficient (Wildman–Crippen LogP) is 2.42. The van der Waals surface area contributed by atoms with Gasteiger partial charge in [0.25, 0.3) is 0 Å². The molecule has 0 aromatic carbocycles. The number of aryl methyl sites for hydroxylation is 1. The highest BCUT2D eigenvalue weighted by molar-refractivity contribution is 7.80. The third-order valence-electron chi connectivity index (χ3n) is 3.35. The summed E-state index contributed by atoms with van der Waals surface area (Å²) in [5.41, 5.74) is 5.86. The predicted molar refractivity (Wildman–Crippen MR) is 77.4 cm³/mol. The summed E-state index contributed by atoms with van der Waals surface area (Å²) >= 11 is 5.05. The van der Waals surface area contributed by atoms with E-state index in [4.69, 9.17) is 18.0 Å². The van der Waals surface area contributed by atoms with Gasteiger partial charge in [-0.25, -0.2) is 4.98 Å². The molecule has 4 nitrogen and oxygen atoms in total. The Morgan fingerprint density at radius 3 is 2.56 bits per heavy atom. The molecule has 1 aromatic heterocycles. The fourth-order valence-electron chi connectivity index (χ4n) is 1.88. The second-order valence-electron chi connectivity index (χ2n) is 4.28. The normalized spacial score (nSPS) is 11.1. The molecule has 0 bridgehead atoms. The van der Waals surface area contributed by atoms with Crippen LogP contribution in [0.4, 0.5) is 5.82 Å². The molecule has 1 rings (SSSR count). The maximum Gasteiger partial charge on any atom is 0.238 e. The van der Waals surface area contributed by atoms with Crippen LogP contribution in [0.2, 0.25) is 0 Å². The van der Waals surface area contributed by atoms with Crippen molar-refractivity contribution >= 4 is 28.9 Å². The molecule has 0 atom stereocenters. The maximum absolute atomic E-state index is 12.4. The zero-order valence-corrected chi connectivity index (χ0v) is 11.8. The number of hydrogen-bond acceptors (Lipinski definition) is 3. The molecule has 0 spiro atoms. The molecular formula is C13H19N3OS. The number of hydrogen-bond donors (Lipinski definition) is 2. The van der Waals surface area contributed by atoms with Crippen LogP contribution in [0.15, 0.2) is 18.3 Å². The molecule has 3 N–H and O–H groups in total. The van der Waals surface area contributed by atoms with Gasteiger partial charge in [0.1, 0.15) is 5.82 Å². The van der Waals surface area contributed by atoms with Gasteiger partial charge >= 0.3 is 0 Å². The molecule has 0 saturated heterocycles. The number of anilines is 1. The highest BCUT2D eigenvalue weighted by atomic mass is 32.1. The van der Waals surface area contributed by atoms with Gasteiger partial charge in [-0.1, -0.05) is 32.1 Å². The summed E-state index contributed by atoms with van der Waals surface area (Å²) in [5, 5.41) is 2.82. The quantitative estimate of drug-likeness (QED) is 0.802. The van der Waals surface area contributed by atoms with Gasteiger partial charge in [0.2, 0.25) is 5.91 Å². The molecule has 98 valence electrons. The molecule has 0 fully saturated rings. The fourth-order valence-corrected chi connectivity index (χ4v) is 2.26. The van der Waals surface area contributed by atoms with Crippen molar-refractivity contribution in [3.05, 3.63) is 23.9 Å². The minimum Gasteiger partial charge on any atom is -0.392 e. The van der Waals surface area contributed by atoms with Crippen molar-refractivity contribution in [3.63, 3.8) is 0 Å². The molecule has 0 radical (unpaired) electrons. The second-order valence-corrected chi connectivity index (χ2v) is 4.72. The van der Waals surface area contributed by atoms with E-state index in [1.54, 1.807) is 6.20 Å². The van der Waals surface area contributed by atoms with Crippen LogP contribution in [-0.2, 0) is 4.79 Å². The minimum absolute atomic E-state index is 0.179. The second kappa shape index (κ2) is 5.91. The van der Waals surface area contributed by atoms with Gasteiger partial charge in [-0.15, -0.1) is 0 Å². The number of pyridine rings is 1. The Hall–Kier alpha value is -1.49. The Bertz CT molecular complexity index is 455. The third kappa shape index (κ3) is 2.67. The number of carbonyl (C=O) groups excluding carboxylic acids is 1. The summed E-state index contributed by atoms with van der Waals surface area (Å²) in [4.78, 5) is 16.8. The number of rotatable bonds is 5. The molecule has 5 heteroatoms. The summed E-state index contributed by atoms with van der Waals surface area (Å²) in [6.45, 7) is 5.71. The number of nitrogens with two attached hydrogens (primary N) is 1. The summed E-state index contributed by atoms with van der Waals surface area (Å²) in [6.07, 6.45) is 2.80. The van der Waals surface area contributed by atoms with Crippen LogP contribution < -0.4 is 11.1 Å². The molecule has 0 unspecified atom stereocenters. The number of thiocarbonyl (C=S) groups is 1. The molecule has 1 amide bonds. The number of carbonyl (C=O) groups is 1. The molecule has 0 aliphatic rings. The van der Waals surface area contributed by atoms with Crippen LogP contribution in [0, 0.1) is 12.3 Å². The van der Waals surface area contributed by atoms with E-state index in [1.165, 1.54) is 0 Å². The van der Waals surface area contributed by atoms with E-state index < -0.39 is 5.41 Å². The lowest BCUT2D eigenvalue weighted by molar-refractivity contribution is -0.122. The van der Waals surface area contributed by atoms with Crippen LogP contribution in [0.25, 0.3) is 0 Å². The third-order valence-corrected chi connectivity index (χ3v) is 3.75. The van der Waals surface area contributed by atoms with E-state index in [9.17, 15) is 4.79 Å². The molecule has 0 aliphatic carbocycles. The number of amides is 1. The highest BCUT2D eigenvalue weighted by Crippen LogP contribution is 2.29. The molecular weight excluding hydrogens is 246 g/mol. The standard InChI is InChI=1S/C13H19N3OS/c1-4-13(5-2,11(14)18)12(17)16-10-9(3)7-6-8-15-10/h6-8H,4-5H2,1-3H3,(H2,14,18)(H,15,16,17). The zero-order valence-electron chi connectivity index (χ0n) is 11.0. The minimum atomic E-state index is -0.792. The number of nitrogens with one attached hydrogen (secondary N) is 1. The van der Waals surface area contributed by atoms with Crippen molar-refractivity contribution < 1.29 is 4.79 Å². The van der Waals surface area contributed by atoms with Gasteiger partial charge < -0.3 is 11.1 Å². The Labute approximate surface area is 113 Å². The van der Waals surface area contributed by atoms with Crippen molar-refractivity contribution in [1.82, 2.24) is 4.98 Å². The van der Waals surface area contributed by atoms with Gasteiger partial charge in [0.05, 0.1) is 10.4 Å². The van der Waals surface area contributed by atoms with E-state index in [2.05, 4.69) is 10.3 Å². The Kier molecular flexibility index (Phi) is 4.78. The van der Waals surface area contributed by atoms with Crippen LogP contribution >= 0.6 is 12.2 Å². The van der Waals surface area contributed by atoms with Crippen LogP contribution in [0.5, 0.6) is 0 Å². The zero-order chi connectivity index (χ0) is 13.8. The summed E-state index contributed by atoms with van der Waals surface area (Å²) in [6, 6.07) is 3.72. The average molecular weight is 265 g/mol. The fraction of sp³-hybridized carbons (Fsp3) is 0.462. The largest absolute Gasteiger partial charge is 0.392 e. The van der Waals surface area contributed by atoms with Crippen molar-refractivity contribution in [3.8, 4) is 0 Å². The van der Waals surface area contributed by atoms with Crippen LogP contribution in [-0.4, -0.2) is 15.9 Å². The lowest BCUT2D eigenvalue weighted by Crippen LogP contribution is -2.45. The average Bonchev–Trinajstić information content (AvgIpc) is 2.34. The maximum atomic E-state index is 12.4. The van der Waals surface area contributed by atoms with Crippen molar-refractivity contribution in [1.29, 1.82) is 0 Å². The Morgan fingerprint density at radius 1 is 1.50 bits per heavy atom. The van der Waals surface area contributed by atoms with Crippen LogP contribution in [0.1, 0.15) is 32.3 Å². The van der Waals surface area contributed by atoms with E-state index in [1.807, 2.05) is 32.9 Å². The van der Waals surface area contributed by atoms with Gasteiger partial charge in [0, 0.05) is 6.20 Å². The topological polar surface area (TPSA) is 68.0 Å². The van der Waals surface area contributed by atoms with Crippen LogP contribution in [0.3, 0.4) is 0 Å². The van der Waals surface area contributed by atoms with Crippen molar-refractivity contribution in [2.24, 2.45) is 11.1 Å². The molecule has 1 aromatic rings. The molecule has 0 saturated carbocycles. The lowest BCUT2D eigenvalue weighted by Gasteiger charge is -2.28. The molecule has 0 aliphatic heterocycles. The highest BCUT2D eigenvalue weighted by Gasteiger charge is 2.38. The number of aromatic nitrogens is 1. The molecule has 18 heavy (non-hydrogen) atoms. The lowest BCUT2D eigenvalue weighted by atomic mass is 9.81.